The third-order valence-electron chi connectivity index (χ3n) is 4.45. The van der Waals surface area contributed by atoms with Crippen LogP contribution in [0.4, 0.5) is 4.39 Å². The summed E-state index contributed by atoms with van der Waals surface area (Å²) < 4.78 is 26.5. The van der Waals surface area contributed by atoms with Gasteiger partial charge in [0.05, 0.1) is 18.8 Å². The minimum atomic E-state index is -0.379. The molecule has 2 heterocycles. The number of hydrogen-bond donors (Lipinski definition) is 0. The third-order valence-corrected chi connectivity index (χ3v) is 4.45. The Morgan fingerprint density at radius 2 is 1.93 bits per heavy atom. The van der Waals surface area contributed by atoms with Gasteiger partial charge in [0, 0.05) is 44.6 Å². The summed E-state index contributed by atoms with van der Waals surface area (Å²) in [4.78, 5) is 26.2. The lowest BCUT2D eigenvalue weighted by Gasteiger charge is -2.25. The van der Waals surface area contributed by atoms with Gasteiger partial charge in [0.25, 0.3) is 5.91 Å². The predicted octanol–water partition coefficient (Wildman–Crippen LogP) is 2.36. The van der Waals surface area contributed by atoms with Gasteiger partial charge in [-0.25, -0.2) is 4.39 Å². The molecule has 27 heavy (non-hydrogen) atoms. The van der Waals surface area contributed by atoms with Crippen LogP contribution in [-0.4, -0.2) is 41.7 Å². The molecule has 0 N–H and O–H groups in total. The van der Waals surface area contributed by atoms with Crippen molar-refractivity contribution in [2.75, 3.05) is 26.4 Å². The first-order valence-electron chi connectivity index (χ1n) is 8.99. The zero-order chi connectivity index (χ0) is 19.2. The van der Waals surface area contributed by atoms with E-state index in [4.69, 9.17) is 9.47 Å². The fourth-order valence-corrected chi connectivity index (χ4v) is 2.94. The number of nitrogens with zero attached hydrogens (tertiary/aromatic N) is 2. The maximum Gasteiger partial charge on any atom is 0.255 e. The van der Waals surface area contributed by atoms with E-state index in [1.54, 1.807) is 18.0 Å². The number of fused-ring (bicyclic) bond motifs is 1. The van der Waals surface area contributed by atoms with Crippen LogP contribution in [0.25, 0.3) is 0 Å². The van der Waals surface area contributed by atoms with Crippen molar-refractivity contribution in [2.45, 2.75) is 19.4 Å². The third kappa shape index (κ3) is 4.95. The van der Waals surface area contributed by atoms with Crippen LogP contribution in [0.5, 0.6) is 5.75 Å². The first-order valence-corrected chi connectivity index (χ1v) is 8.99. The number of carbonyl (C=O) groups is 1. The highest BCUT2D eigenvalue weighted by Gasteiger charge is 2.19. The summed E-state index contributed by atoms with van der Waals surface area (Å²) in [5.41, 5.74) is 0.807. The fourth-order valence-electron chi connectivity index (χ4n) is 2.94. The smallest absolute Gasteiger partial charge is 0.255 e. The molecule has 0 aliphatic carbocycles. The molecule has 0 saturated heterocycles. The summed E-state index contributed by atoms with van der Waals surface area (Å²) >= 11 is 0. The van der Waals surface area contributed by atoms with E-state index >= 15 is 0 Å². The number of benzene rings is 1. The van der Waals surface area contributed by atoms with Crippen molar-refractivity contribution in [1.82, 2.24) is 9.47 Å². The van der Waals surface area contributed by atoms with Crippen LogP contribution >= 0.6 is 0 Å². The number of halogens is 1. The molecule has 144 valence electrons. The Morgan fingerprint density at radius 1 is 1.11 bits per heavy atom. The molecule has 0 fully saturated rings. The topological polar surface area (TPSA) is 60.8 Å². The Bertz CT molecular complexity index is 865. The minimum absolute atomic E-state index is 0.190. The van der Waals surface area contributed by atoms with Crippen molar-refractivity contribution in [3.63, 3.8) is 0 Å². The van der Waals surface area contributed by atoms with Gasteiger partial charge in [-0.15, -0.1) is 0 Å². The van der Waals surface area contributed by atoms with E-state index in [1.165, 1.54) is 35.0 Å². The normalized spacial score (nSPS) is 15.9. The number of carbonyl (C=O) groups excluding carboxylic acids is 1. The lowest BCUT2D eigenvalue weighted by atomic mass is 10.1. The van der Waals surface area contributed by atoms with E-state index < -0.39 is 0 Å². The summed E-state index contributed by atoms with van der Waals surface area (Å²) in [6.07, 6.45) is 3.20. The Balaban J connectivity index is 1.90. The van der Waals surface area contributed by atoms with Crippen LogP contribution in [-0.2, 0) is 18.3 Å². The van der Waals surface area contributed by atoms with E-state index in [-0.39, 0.29) is 23.8 Å². The van der Waals surface area contributed by atoms with Gasteiger partial charge < -0.3 is 18.9 Å². The molecule has 1 aromatic heterocycles. The molecule has 1 aromatic carbocycles. The molecule has 1 aliphatic rings. The Kier molecular flexibility index (Phi) is 6.24. The molecular weight excluding hydrogens is 351 g/mol. The summed E-state index contributed by atoms with van der Waals surface area (Å²) in [6.45, 7) is 2.05. The van der Waals surface area contributed by atoms with Gasteiger partial charge in [-0.3, -0.25) is 9.59 Å². The summed E-state index contributed by atoms with van der Waals surface area (Å²) in [5.74, 6) is -0.0483. The Hall–Kier alpha value is -2.67. The Labute approximate surface area is 157 Å². The molecule has 0 radical (unpaired) electrons. The molecular formula is C20H23FN2O4. The van der Waals surface area contributed by atoms with Crippen LogP contribution in [0.3, 0.4) is 0 Å². The summed E-state index contributed by atoms with van der Waals surface area (Å²) in [5, 5.41) is 0. The highest BCUT2D eigenvalue weighted by molar-refractivity contribution is 5.93. The summed E-state index contributed by atoms with van der Waals surface area (Å²) in [7, 11) is 1.59. The number of pyridine rings is 1. The zero-order valence-corrected chi connectivity index (χ0v) is 15.3. The lowest BCUT2D eigenvalue weighted by Crippen LogP contribution is -2.34. The number of ether oxygens (including phenoxy) is 2. The molecule has 0 unspecified atom stereocenters. The van der Waals surface area contributed by atoms with Crippen molar-refractivity contribution < 1.29 is 18.7 Å². The second-order valence-electron chi connectivity index (χ2n) is 6.51. The van der Waals surface area contributed by atoms with Crippen LogP contribution in [0.1, 0.15) is 28.8 Å². The van der Waals surface area contributed by atoms with Crippen LogP contribution in [0, 0.1) is 5.82 Å². The van der Waals surface area contributed by atoms with Crippen molar-refractivity contribution in [1.29, 1.82) is 0 Å². The van der Waals surface area contributed by atoms with Crippen molar-refractivity contribution >= 4 is 5.91 Å². The minimum Gasteiger partial charge on any atom is -0.493 e. The average molecular weight is 374 g/mol. The van der Waals surface area contributed by atoms with E-state index in [1.807, 2.05) is 0 Å². The number of amides is 1. The van der Waals surface area contributed by atoms with E-state index in [0.29, 0.717) is 43.2 Å². The molecule has 0 saturated carbocycles. The quantitative estimate of drug-likeness (QED) is 0.769. The van der Waals surface area contributed by atoms with E-state index in [2.05, 4.69) is 0 Å². The molecule has 3 rings (SSSR count). The van der Waals surface area contributed by atoms with Crippen LogP contribution in [0.15, 0.2) is 41.3 Å². The second-order valence-corrected chi connectivity index (χ2v) is 6.51. The predicted molar refractivity (Wildman–Crippen MR) is 98.4 cm³/mol. The molecule has 0 atom stereocenters. The molecule has 2 aromatic rings. The van der Waals surface area contributed by atoms with E-state index in [0.717, 1.165) is 12.8 Å². The average Bonchev–Trinajstić information content (AvgIpc) is 2.64. The monoisotopic (exact) mass is 374 g/mol. The molecule has 1 amide bonds. The standard InChI is InChI=1S/C20H23FN2O4/c1-22-13-15(4-7-19(22)24)20(25)23-8-11-26-9-2-3-10-27-18-6-5-17(21)12-16(18)14-23/h4-7,12-13H,2-3,8-11,14H2,1H3. The maximum atomic E-state index is 13.8. The fraction of sp³-hybridized carbons (Fsp3) is 0.400. The zero-order valence-electron chi connectivity index (χ0n) is 15.3. The first-order chi connectivity index (χ1) is 13.0. The van der Waals surface area contributed by atoms with Crippen molar-refractivity contribution in [3.05, 3.63) is 63.8 Å². The molecule has 0 spiro atoms. The Morgan fingerprint density at radius 3 is 2.74 bits per heavy atom. The number of rotatable bonds is 1. The number of aryl methyl sites for hydroxylation is 1. The highest BCUT2D eigenvalue weighted by Crippen LogP contribution is 2.23. The van der Waals surface area contributed by atoms with Gasteiger partial charge in [-0.1, -0.05) is 0 Å². The molecule has 0 bridgehead atoms. The van der Waals surface area contributed by atoms with Gasteiger partial charge >= 0.3 is 0 Å². The van der Waals surface area contributed by atoms with Crippen LogP contribution in [0.2, 0.25) is 0 Å². The van der Waals surface area contributed by atoms with Gasteiger partial charge in [-0.2, -0.15) is 0 Å². The largest absolute Gasteiger partial charge is 0.493 e. The van der Waals surface area contributed by atoms with Gasteiger partial charge in [0.2, 0.25) is 5.56 Å². The molecule has 7 heteroatoms. The van der Waals surface area contributed by atoms with E-state index in [9.17, 15) is 14.0 Å². The SMILES string of the molecule is Cn1cc(C(=O)N2CCOCCCCOc3ccc(F)cc3C2)ccc1=O. The van der Waals surface area contributed by atoms with Crippen LogP contribution < -0.4 is 10.3 Å². The molecule has 6 nitrogen and oxygen atoms in total. The molecule has 1 aliphatic heterocycles. The highest BCUT2D eigenvalue weighted by atomic mass is 19.1. The first kappa shape index (κ1) is 19.1. The van der Waals surface area contributed by atoms with Crippen molar-refractivity contribution in [3.8, 4) is 5.75 Å². The van der Waals surface area contributed by atoms with Crippen molar-refractivity contribution in [2.24, 2.45) is 7.05 Å². The second kappa shape index (κ2) is 8.81. The summed E-state index contributed by atoms with van der Waals surface area (Å²) in [6, 6.07) is 7.21. The van der Waals surface area contributed by atoms with Gasteiger partial charge in [0.1, 0.15) is 11.6 Å². The van der Waals surface area contributed by atoms with Gasteiger partial charge in [0.15, 0.2) is 0 Å². The maximum absolute atomic E-state index is 13.8. The number of hydrogen-bond acceptors (Lipinski definition) is 4. The lowest BCUT2D eigenvalue weighted by molar-refractivity contribution is 0.0606. The van der Waals surface area contributed by atoms with Gasteiger partial charge in [-0.05, 0) is 37.1 Å². The number of aromatic nitrogens is 1.